The van der Waals surface area contributed by atoms with Gasteiger partial charge >= 0.3 is 0 Å². The van der Waals surface area contributed by atoms with Crippen molar-refractivity contribution in [3.05, 3.63) is 47.7 Å². The molecule has 1 aliphatic heterocycles. The minimum atomic E-state index is 0.486. The first kappa shape index (κ1) is 19.9. The monoisotopic (exact) mass is 351 g/mol. The quantitative estimate of drug-likeness (QED) is 0.918. The number of nitrogens with two attached hydrogens (primary N) is 1. The van der Waals surface area contributed by atoms with Crippen LogP contribution >= 0.6 is 0 Å². The summed E-state index contributed by atoms with van der Waals surface area (Å²) in [5, 5.41) is 9.53. The zero-order chi connectivity index (χ0) is 18.9. The summed E-state index contributed by atoms with van der Waals surface area (Å²) in [7, 11) is 2.17. The number of rotatable bonds is 3. The number of likely N-dealkylation sites (N-methyl/N-ethyl adjacent to an activating group) is 1. The lowest BCUT2D eigenvalue weighted by Gasteiger charge is -2.20. The molecule has 2 aromatic rings. The summed E-state index contributed by atoms with van der Waals surface area (Å²) in [4.78, 5) is 8.96. The third-order valence-electron chi connectivity index (χ3n) is 4.52. The molecule has 0 spiro atoms. The SMILES string of the molecule is CC.CN1CCCN(Cc2ccc(-c3ccc(N)nc3)c(C#N)c2)CC1. The van der Waals surface area contributed by atoms with Gasteiger partial charge in [-0.1, -0.05) is 26.0 Å². The predicted molar refractivity (Wildman–Crippen MR) is 108 cm³/mol. The Balaban J connectivity index is 0.00000117. The van der Waals surface area contributed by atoms with Crippen molar-refractivity contribution in [2.75, 3.05) is 39.0 Å². The molecule has 0 amide bonds. The van der Waals surface area contributed by atoms with Gasteiger partial charge < -0.3 is 10.6 Å². The molecule has 0 bridgehead atoms. The van der Waals surface area contributed by atoms with Crippen molar-refractivity contribution in [2.45, 2.75) is 26.8 Å². The van der Waals surface area contributed by atoms with Crippen molar-refractivity contribution in [1.29, 1.82) is 5.26 Å². The van der Waals surface area contributed by atoms with Gasteiger partial charge in [-0.3, -0.25) is 4.90 Å². The third kappa shape index (κ3) is 5.29. The van der Waals surface area contributed by atoms with E-state index < -0.39 is 0 Å². The maximum atomic E-state index is 9.53. The average Bonchev–Trinajstić information content (AvgIpc) is 2.88. The Labute approximate surface area is 157 Å². The first-order valence-corrected chi connectivity index (χ1v) is 9.31. The van der Waals surface area contributed by atoms with Gasteiger partial charge in [0.2, 0.25) is 0 Å². The van der Waals surface area contributed by atoms with Crippen molar-refractivity contribution in [2.24, 2.45) is 0 Å². The van der Waals surface area contributed by atoms with E-state index in [-0.39, 0.29) is 0 Å². The smallest absolute Gasteiger partial charge is 0.123 e. The van der Waals surface area contributed by atoms with Crippen LogP contribution in [-0.2, 0) is 6.54 Å². The summed E-state index contributed by atoms with van der Waals surface area (Å²) in [5.41, 5.74) is 9.34. The summed E-state index contributed by atoms with van der Waals surface area (Å²) in [6.45, 7) is 9.32. The number of nitrogens with zero attached hydrogens (tertiary/aromatic N) is 4. The zero-order valence-corrected chi connectivity index (χ0v) is 16.1. The molecule has 0 radical (unpaired) electrons. The summed E-state index contributed by atoms with van der Waals surface area (Å²) in [6.07, 6.45) is 2.91. The Morgan fingerprint density at radius 2 is 1.92 bits per heavy atom. The van der Waals surface area contributed by atoms with Crippen molar-refractivity contribution in [3.8, 4) is 17.2 Å². The maximum Gasteiger partial charge on any atom is 0.123 e. The molecule has 1 aromatic heterocycles. The molecule has 1 aliphatic rings. The van der Waals surface area contributed by atoms with E-state index in [0.29, 0.717) is 11.4 Å². The minimum absolute atomic E-state index is 0.486. The van der Waals surface area contributed by atoms with Crippen molar-refractivity contribution >= 4 is 5.82 Å². The normalized spacial score (nSPS) is 15.5. The number of aromatic nitrogens is 1. The number of pyridine rings is 1. The van der Waals surface area contributed by atoms with E-state index in [1.807, 2.05) is 32.0 Å². The minimum Gasteiger partial charge on any atom is -0.384 e. The number of hydrogen-bond donors (Lipinski definition) is 1. The molecular formula is C21H29N5. The third-order valence-corrected chi connectivity index (χ3v) is 4.52. The molecule has 26 heavy (non-hydrogen) atoms. The standard InChI is InChI=1S/C19H23N5.C2H6/c1-23-7-2-8-24(10-9-23)14-15-3-5-18(17(11-15)12-20)16-4-6-19(21)22-13-16;1-2/h3-6,11,13H,2,7-10,14H2,1H3,(H2,21,22);1-2H3. The van der Waals surface area contributed by atoms with Crippen LogP contribution in [0, 0.1) is 11.3 Å². The highest BCUT2D eigenvalue weighted by atomic mass is 15.2. The van der Waals surface area contributed by atoms with Crippen LogP contribution in [0.15, 0.2) is 36.5 Å². The Hall–Kier alpha value is -2.42. The van der Waals surface area contributed by atoms with Crippen LogP contribution in [-0.4, -0.2) is 48.0 Å². The highest BCUT2D eigenvalue weighted by Gasteiger charge is 2.13. The number of benzene rings is 1. The van der Waals surface area contributed by atoms with Crippen molar-refractivity contribution < 1.29 is 0 Å². The fourth-order valence-electron chi connectivity index (χ4n) is 3.11. The second-order valence-corrected chi connectivity index (χ2v) is 6.40. The molecule has 1 aromatic carbocycles. The molecule has 2 N–H and O–H groups in total. The average molecular weight is 351 g/mol. The number of nitriles is 1. The van der Waals surface area contributed by atoms with Crippen LogP contribution in [0.5, 0.6) is 0 Å². The Bertz CT molecular complexity index is 733. The molecule has 3 rings (SSSR count). The van der Waals surface area contributed by atoms with E-state index in [1.54, 1.807) is 12.3 Å². The summed E-state index contributed by atoms with van der Waals surface area (Å²) in [5.74, 6) is 0.486. The molecule has 5 nitrogen and oxygen atoms in total. The van der Waals surface area contributed by atoms with E-state index in [0.717, 1.165) is 43.9 Å². The second-order valence-electron chi connectivity index (χ2n) is 6.40. The molecule has 0 aliphatic carbocycles. The van der Waals surface area contributed by atoms with Gasteiger partial charge in [0.05, 0.1) is 11.6 Å². The van der Waals surface area contributed by atoms with Gasteiger partial charge in [0.1, 0.15) is 5.82 Å². The van der Waals surface area contributed by atoms with E-state index >= 15 is 0 Å². The fourth-order valence-corrected chi connectivity index (χ4v) is 3.11. The Kier molecular flexibility index (Phi) is 7.58. The Morgan fingerprint density at radius 3 is 2.62 bits per heavy atom. The van der Waals surface area contributed by atoms with Crippen LogP contribution < -0.4 is 5.73 Å². The van der Waals surface area contributed by atoms with Crippen LogP contribution in [0.25, 0.3) is 11.1 Å². The van der Waals surface area contributed by atoms with Crippen molar-refractivity contribution in [1.82, 2.24) is 14.8 Å². The molecule has 0 unspecified atom stereocenters. The molecule has 0 saturated carbocycles. The Morgan fingerprint density at radius 1 is 1.12 bits per heavy atom. The lowest BCUT2D eigenvalue weighted by atomic mass is 9.99. The molecule has 0 atom stereocenters. The van der Waals surface area contributed by atoms with Crippen LogP contribution in [0.4, 0.5) is 5.82 Å². The lowest BCUT2D eigenvalue weighted by molar-refractivity contribution is 0.269. The van der Waals surface area contributed by atoms with E-state index in [9.17, 15) is 5.26 Å². The molecule has 1 saturated heterocycles. The topological polar surface area (TPSA) is 69.2 Å². The van der Waals surface area contributed by atoms with Gasteiger partial charge in [-0.2, -0.15) is 5.26 Å². The first-order valence-electron chi connectivity index (χ1n) is 9.31. The molecule has 5 heteroatoms. The van der Waals surface area contributed by atoms with E-state index in [2.05, 4.69) is 34.0 Å². The van der Waals surface area contributed by atoms with Gasteiger partial charge in [0, 0.05) is 37.0 Å². The van der Waals surface area contributed by atoms with Crippen LogP contribution in [0.3, 0.4) is 0 Å². The maximum absolute atomic E-state index is 9.53. The van der Waals surface area contributed by atoms with Gasteiger partial charge in [0.25, 0.3) is 0 Å². The van der Waals surface area contributed by atoms with Gasteiger partial charge in [-0.05, 0) is 50.3 Å². The largest absolute Gasteiger partial charge is 0.384 e. The van der Waals surface area contributed by atoms with Crippen molar-refractivity contribution in [3.63, 3.8) is 0 Å². The second kappa shape index (κ2) is 9.91. The lowest BCUT2D eigenvalue weighted by Crippen LogP contribution is -2.28. The predicted octanol–water partition coefficient (Wildman–Crippen LogP) is 3.37. The van der Waals surface area contributed by atoms with Gasteiger partial charge in [0.15, 0.2) is 0 Å². The van der Waals surface area contributed by atoms with Gasteiger partial charge in [-0.15, -0.1) is 0 Å². The van der Waals surface area contributed by atoms with E-state index in [4.69, 9.17) is 5.73 Å². The zero-order valence-electron chi connectivity index (χ0n) is 16.1. The number of hydrogen-bond acceptors (Lipinski definition) is 5. The summed E-state index contributed by atoms with van der Waals surface area (Å²) < 4.78 is 0. The molecule has 1 fully saturated rings. The first-order chi connectivity index (χ1) is 12.7. The van der Waals surface area contributed by atoms with Gasteiger partial charge in [-0.25, -0.2) is 4.98 Å². The summed E-state index contributed by atoms with van der Waals surface area (Å²) >= 11 is 0. The number of nitrogen functional groups attached to an aromatic ring is 1. The molecule has 138 valence electrons. The van der Waals surface area contributed by atoms with E-state index in [1.165, 1.54) is 12.0 Å². The fraction of sp³-hybridized carbons (Fsp3) is 0.429. The van der Waals surface area contributed by atoms with Crippen LogP contribution in [0.2, 0.25) is 0 Å². The molecular weight excluding hydrogens is 322 g/mol. The summed E-state index contributed by atoms with van der Waals surface area (Å²) in [6, 6.07) is 12.1. The molecule has 2 heterocycles. The highest BCUT2D eigenvalue weighted by molar-refractivity contribution is 5.70. The highest BCUT2D eigenvalue weighted by Crippen LogP contribution is 2.25. The number of anilines is 1. The van der Waals surface area contributed by atoms with Crippen LogP contribution in [0.1, 0.15) is 31.4 Å².